The van der Waals surface area contributed by atoms with Gasteiger partial charge in [-0.3, -0.25) is 4.79 Å². The zero-order chi connectivity index (χ0) is 14.3. The number of nitrogens with two attached hydrogens (primary N) is 2. The highest BCUT2D eigenvalue weighted by molar-refractivity contribution is 7.99. The monoisotopic (exact) mass is 291 g/mol. The molecule has 0 saturated carbocycles. The normalized spacial score (nSPS) is 12.5. The van der Waals surface area contributed by atoms with Crippen LogP contribution in [0.2, 0.25) is 0 Å². The fourth-order valence-electron chi connectivity index (χ4n) is 1.82. The summed E-state index contributed by atoms with van der Waals surface area (Å²) in [7, 11) is 0. The Bertz CT molecular complexity index is 218. The number of thioether (sulfide) groups is 1. The second kappa shape index (κ2) is 14.1. The maximum absolute atomic E-state index is 11.5. The SMILES string of the molecule is NCCCCC[NH+]([O-])CCCCCCSCC(N)=O. The zero-order valence-electron chi connectivity index (χ0n) is 11.9. The van der Waals surface area contributed by atoms with Crippen LogP contribution >= 0.6 is 11.8 Å². The molecule has 5 nitrogen and oxygen atoms in total. The van der Waals surface area contributed by atoms with Crippen LogP contribution in [0.3, 0.4) is 0 Å². The van der Waals surface area contributed by atoms with Crippen molar-refractivity contribution in [2.75, 3.05) is 31.1 Å². The quantitative estimate of drug-likeness (QED) is 0.316. The van der Waals surface area contributed by atoms with E-state index in [9.17, 15) is 10.0 Å². The number of hydroxylamine groups is 2. The highest BCUT2D eigenvalue weighted by atomic mass is 32.2. The molecule has 0 aliphatic rings. The molecule has 0 aromatic rings. The van der Waals surface area contributed by atoms with Crippen molar-refractivity contribution in [3.63, 3.8) is 0 Å². The highest BCUT2D eigenvalue weighted by Crippen LogP contribution is 2.06. The molecular formula is C13H29N3O2S. The summed E-state index contributed by atoms with van der Waals surface area (Å²) in [6.45, 7) is 2.16. The summed E-state index contributed by atoms with van der Waals surface area (Å²) < 4.78 is 0. The van der Waals surface area contributed by atoms with E-state index in [1.807, 2.05) is 0 Å². The first-order valence-electron chi connectivity index (χ1n) is 7.24. The summed E-state index contributed by atoms with van der Waals surface area (Å²) in [6, 6.07) is 0. The van der Waals surface area contributed by atoms with Gasteiger partial charge in [0, 0.05) is 0 Å². The van der Waals surface area contributed by atoms with Crippen molar-refractivity contribution in [2.45, 2.75) is 44.9 Å². The molecular weight excluding hydrogens is 262 g/mol. The van der Waals surface area contributed by atoms with E-state index in [0.29, 0.717) is 17.4 Å². The minimum atomic E-state index is -0.245. The van der Waals surface area contributed by atoms with E-state index in [1.165, 1.54) is 0 Å². The van der Waals surface area contributed by atoms with Crippen LogP contribution in [0.1, 0.15) is 44.9 Å². The van der Waals surface area contributed by atoms with E-state index >= 15 is 0 Å². The van der Waals surface area contributed by atoms with E-state index in [0.717, 1.165) is 63.8 Å². The molecule has 1 atom stereocenters. The molecule has 6 heteroatoms. The van der Waals surface area contributed by atoms with Crippen LogP contribution in [0.25, 0.3) is 0 Å². The van der Waals surface area contributed by atoms with Gasteiger partial charge in [-0.25, -0.2) is 0 Å². The molecule has 5 N–H and O–H groups in total. The molecule has 0 heterocycles. The van der Waals surface area contributed by atoms with Gasteiger partial charge in [0.1, 0.15) is 0 Å². The predicted octanol–water partition coefficient (Wildman–Crippen LogP) is 0.277. The third-order valence-electron chi connectivity index (χ3n) is 2.90. The molecule has 1 amide bonds. The average molecular weight is 291 g/mol. The number of carbonyl (C=O) groups is 1. The van der Waals surface area contributed by atoms with Gasteiger partial charge in [-0.05, 0) is 50.8 Å². The number of primary amides is 1. The number of quaternary nitrogens is 1. The summed E-state index contributed by atoms with van der Waals surface area (Å²) in [4.78, 5) is 10.5. The lowest BCUT2D eigenvalue weighted by atomic mass is 10.2. The largest absolute Gasteiger partial charge is 0.634 e. The van der Waals surface area contributed by atoms with Crippen molar-refractivity contribution in [3.05, 3.63) is 5.21 Å². The Morgan fingerprint density at radius 2 is 1.58 bits per heavy atom. The van der Waals surface area contributed by atoms with Gasteiger partial charge >= 0.3 is 0 Å². The molecule has 0 bridgehead atoms. The molecule has 0 aliphatic carbocycles. The molecule has 0 aromatic carbocycles. The molecule has 0 rings (SSSR count). The summed E-state index contributed by atoms with van der Waals surface area (Å²) in [6.07, 6.45) is 7.41. The number of unbranched alkanes of at least 4 members (excludes halogenated alkanes) is 5. The first-order chi connectivity index (χ1) is 9.16. The van der Waals surface area contributed by atoms with Crippen molar-refractivity contribution in [3.8, 4) is 0 Å². The van der Waals surface area contributed by atoms with Gasteiger partial charge in [0.15, 0.2) is 0 Å². The van der Waals surface area contributed by atoms with E-state index in [4.69, 9.17) is 11.5 Å². The van der Waals surface area contributed by atoms with Crippen LogP contribution in [0.15, 0.2) is 0 Å². The Morgan fingerprint density at radius 3 is 2.16 bits per heavy atom. The smallest absolute Gasteiger partial charge is 0.227 e. The maximum Gasteiger partial charge on any atom is 0.227 e. The van der Waals surface area contributed by atoms with Gasteiger partial charge in [-0.15, -0.1) is 0 Å². The summed E-state index contributed by atoms with van der Waals surface area (Å²) in [5.41, 5.74) is 10.4. The Labute approximate surface area is 121 Å². The van der Waals surface area contributed by atoms with Crippen molar-refractivity contribution in [2.24, 2.45) is 11.5 Å². The zero-order valence-corrected chi connectivity index (χ0v) is 12.7. The van der Waals surface area contributed by atoms with Gasteiger partial charge in [0.05, 0.1) is 18.8 Å². The van der Waals surface area contributed by atoms with Crippen LogP contribution < -0.4 is 16.5 Å². The number of amides is 1. The van der Waals surface area contributed by atoms with E-state index in [2.05, 4.69) is 0 Å². The number of hydrogen-bond acceptors (Lipinski definition) is 4. The lowest BCUT2D eigenvalue weighted by Gasteiger charge is -2.22. The highest BCUT2D eigenvalue weighted by Gasteiger charge is 1.99. The molecule has 19 heavy (non-hydrogen) atoms. The van der Waals surface area contributed by atoms with Crippen molar-refractivity contribution in [1.82, 2.24) is 0 Å². The Hall–Kier alpha value is -0.300. The second-order valence-corrected chi connectivity index (χ2v) is 5.93. The maximum atomic E-state index is 11.5. The average Bonchev–Trinajstić information content (AvgIpc) is 2.37. The lowest BCUT2D eigenvalue weighted by molar-refractivity contribution is -0.848. The minimum Gasteiger partial charge on any atom is -0.634 e. The first kappa shape index (κ1) is 18.7. The number of hydrogen-bond donors (Lipinski definition) is 3. The Balaban J connectivity index is 3.14. The summed E-state index contributed by atoms with van der Waals surface area (Å²) in [5.74, 6) is 1.15. The molecule has 0 spiro atoms. The molecule has 0 fully saturated rings. The van der Waals surface area contributed by atoms with Gasteiger partial charge < -0.3 is 21.7 Å². The number of carbonyl (C=O) groups excluding carboxylic acids is 1. The van der Waals surface area contributed by atoms with Gasteiger partial charge in [-0.1, -0.05) is 6.42 Å². The Morgan fingerprint density at radius 1 is 1.00 bits per heavy atom. The first-order valence-corrected chi connectivity index (χ1v) is 8.40. The van der Waals surface area contributed by atoms with Crippen molar-refractivity contribution in [1.29, 1.82) is 0 Å². The van der Waals surface area contributed by atoms with Gasteiger partial charge in [-0.2, -0.15) is 11.8 Å². The summed E-state index contributed by atoms with van der Waals surface area (Å²) >= 11 is 1.59. The number of nitrogens with one attached hydrogen (secondary N) is 1. The minimum absolute atomic E-state index is 0.245. The number of rotatable bonds is 14. The fourth-order valence-corrected chi connectivity index (χ4v) is 2.57. The third-order valence-corrected chi connectivity index (χ3v) is 3.96. The van der Waals surface area contributed by atoms with Crippen LogP contribution in [0.4, 0.5) is 0 Å². The van der Waals surface area contributed by atoms with Crippen molar-refractivity contribution < 1.29 is 9.86 Å². The van der Waals surface area contributed by atoms with E-state index in [-0.39, 0.29) is 5.91 Å². The molecule has 1 unspecified atom stereocenters. The predicted molar refractivity (Wildman–Crippen MR) is 82.0 cm³/mol. The molecule has 0 radical (unpaired) electrons. The van der Waals surface area contributed by atoms with Crippen LogP contribution in [-0.4, -0.2) is 37.0 Å². The van der Waals surface area contributed by atoms with E-state index in [1.54, 1.807) is 11.8 Å². The Kier molecular flexibility index (Phi) is 13.9. The molecule has 0 saturated heterocycles. The molecule has 114 valence electrons. The summed E-state index contributed by atoms with van der Waals surface area (Å²) in [5, 5.41) is 11.9. The topological polar surface area (TPSA) is 96.6 Å². The van der Waals surface area contributed by atoms with E-state index < -0.39 is 0 Å². The third kappa shape index (κ3) is 15.6. The van der Waals surface area contributed by atoms with Crippen LogP contribution in [0, 0.1) is 5.21 Å². The van der Waals surface area contributed by atoms with Crippen LogP contribution in [-0.2, 0) is 4.79 Å². The lowest BCUT2D eigenvalue weighted by Crippen LogP contribution is -3.07. The van der Waals surface area contributed by atoms with Crippen LogP contribution in [0.5, 0.6) is 0 Å². The van der Waals surface area contributed by atoms with Gasteiger partial charge in [0.25, 0.3) is 0 Å². The van der Waals surface area contributed by atoms with Gasteiger partial charge in [0.2, 0.25) is 5.91 Å². The fraction of sp³-hybridized carbons (Fsp3) is 0.923. The molecule has 0 aromatic heterocycles. The van der Waals surface area contributed by atoms with Crippen molar-refractivity contribution >= 4 is 17.7 Å². The standard InChI is InChI=1S/C13H29N3O2S/c14-8-4-3-6-10-16(18)9-5-1-2-7-11-19-12-13(15)17/h16H,1-12,14H2,(H2,15,17). The molecule has 0 aliphatic heterocycles. The second-order valence-electron chi connectivity index (χ2n) is 4.82.